The molecule has 1 N–H and O–H groups in total. The minimum absolute atomic E-state index is 0.0418. The maximum absolute atomic E-state index is 12.7. The van der Waals surface area contributed by atoms with Crippen LogP contribution in [0.1, 0.15) is 39.2 Å². The Hall–Kier alpha value is -1.09. The number of alkyl halides is 1. The second kappa shape index (κ2) is 6.01. The monoisotopic (exact) mass is 240 g/mol. The summed E-state index contributed by atoms with van der Waals surface area (Å²) in [7, 11) is 0. The Morgan fingerprint density at radius 2 is 2.00 bits per heavy atom. The molecule has 0 aliphatic rings. The van der Waals surface area contributed by atoms with E-state index < -0.39 is 11.8 Å². The van der Waals surface area contributed by atoms with Gasteiger partial charge in [0.15, 0.2) is 0 Å². The summed E-state index contributed by atoms with van der Waals surface area (Å²) in [5.41, 5.74) is 0.00672. The molecular formula is C14H21FO2. The number of rotatable bonds is 6. The minimum atomic E-state index is -0.991. The number of hydrogen-bond acceptors (Lipinski definition) is 2. The lowest BCUT2D eigenvalue weighted by molar-refractivity contribution is 0.0281. The predicted octanol–water partition coefficient (Wildman–Crippen LogP) is 3.43. The van der Waals surface area contributed by atoms with Crippen LogP contribution >= 0.6 is 0 Å². The third kappa shape index (κ3) is 3.70. The Bertz CT molecular complexity index is 346. The van der Waals surface area contributed by atoms with Gasteiger partial charge in [-0.1, -0.05) is 26.0 Å². The van der Waals surface area contributed by atoms with Crippen molar-refractivity contribution in [1.82, 2.24) is 0 Å². The first-order valence-corrected chi connectivity index (χ1v) is 6.11. The number of halogens is 1. The lowest BCUT2D eigenvalue weighted by Crippen LogP contribution is -2.23. The normalized spacial score (nSPS) is 13.5. The molecular weight excluding hydrogens is 219 g/mol. The molecule has 2 nitrogen and oxygen atoms in total. The second-order valence-electron chi connectivity index (χ2n) is 4.36. The zero-order valence-corrected chi connectivity index (χ0v) is 10.7. The molecule has 0 heterocycles. The van der Waals surface area contributed by atoms with E-state index in [1.807, 2.05) is 26.0 Å². The van der Waals surface area contributed by atoms with Crippen molar-refractivity contribution in [2.45, 2.75) is 45.4 Å². The smallest absolute Gasteiger partial charge is 0.131 e. The topological polar surface area (TPSA) is 29.5 Å². The van der Waals surface area contributed by atoms with Crippen LogP contribution in [0.25, 0.3) is 0 Å². The van der Waals surface area contributed by atoms with Gasteiger partial charge in [0.05, 0.1) is 5.60 Å². The van der Waals surface area contributed by atoms with Gasteiger partial charge in [-0.3, -0.25) is 0 Å². The van der Waals surface area contributed by atoms with Crippen molar-refractivity contribution in [2.24, 2.45) is 0 Å². The predicted molar refractivity (Wildman–Crippen MR) is 67.0 cm³/mol. The highest BCUT2D eigenvalue weighted by Gasteiger charge is 2.24. The van der Waals surface area contributed by atoms with E-state index in [2.05, 4.69) is 0 Å². The van der Waals surface area contributed by atoms with E-state index in [-0.39, 0.29) is 6.61 Å². The van der Waals surface area contributed by atoms with E-state index in [0.29, 0.717) is 18.6 Å². The van der Waals surface area contributed by atoms with Crippen molar-refractivity contribution < 1.29 is 14.2 Å². The van der Waals surface area contributed by atoms with Crippen molar-refractivity contribution in [3.8, 4) is 5.75 Å². The summed E-state index contributed by atoms with van der Waals surface area (Å²) in [6.45, 7) is 5.39. The second-order valence-corrected chi connectivity index (χ2v) is 4.36. The Balaban J connectivity index is 2.85. The van der Waals surface area contributed by atoms with Crippen LogP contribution in [-0.4, -0.2) is 17.9 Å². The first-order valence-electron chi connectivity index (χ1n) is 6.11. The van der Waals surface area contributed by atoms with Crippen molar-refractivity contribution in [3.05, 3.63) is 29.8 Å². The zero-order valence-electron chi connectivity index (χ0n) is 10.7. The Morgan fingerprint density at radius 3 is 2.53 bits per heavy atom. The highest BCUT2D eigenvalue weighted by atomic mass is 19.1. The molecule has 0 amide bonds. The molecule has 0 saturated heterocycles. The summed E-state index contributed by atoms with van der Waals surface area (Å²) in [6.07, 6.45) is 0.300. The Kier molecular flexibility index (Phi) is 4.94. The van der Waals surface area contributed by atoms with Crippen molar-refractivity contribution in [2.75, 3.05) is 6.61 Å². The van der Waals surface area contributed by atoms with Gasteiger partial charge in [0, 0.05) is 0 Å². The van der Waals surface area contributed by atoms with Gasteiger partial charge in [-0.2, -0.15) is 0 Å². The molecule has 1 unspecified atom stereocenters. The molecule has 3 heteroatoms. The van der Waals surface area contributed by atoms with Gasteiger partial charge < -0.3 is 9.84 Å². The number of benzene rings is 1. The average Bonchev–Trinajstić information content (AvgIpc) is 2.35. The van der Waals surface area contributed by atoms with Crippen LogP contribution in [0.5, 0.6) is 5.75 Å². The summed E-state index contributed by atoms with van der Waals surface area (Å²) >= 11 is 0. The molecule has 1 aromatic rings. The van der Waals surface area contributed by atoms with E-state index >= 15 is 0 Å². The van der Waals surface area contributed by atoms with E-state index in [9.17, 15) is 9.50 Å². The minimum Gasteiger partial charge on any atom is -0.491 e. The first kappa shape index (κ1) is 14.0. The van der Waals surface area contributed by atoms with Gasteiger partial charge in [0.1, 0.15) is 18.5 Å². The van der Waals surface area contributed by atoms with Gasteiger partial charge in [-0.25, -0.2) is 4.39 Å². The summed E-state index contributed by atoms with van der Waals surface area (Å²) in [5.74, 6) is 0.604. The highest BCUT2D eigenvalue weighted by Crippen LogP contribution is 2.30. The lowest BCUT2D eigenvalue weighted by Gasteiger charge is -2.26. The van der Waals surface area contributed by atoms with Crippen LogP contribution in [0.4, 0.5) is 4.39 Å². The SMILES string of the molecule is CCC(O)(CC)c1cccc(OCC(C)F)c1. The number of hydrogen-bond donors (Lipinski definition) is 1. The first-order chi connectivity index (χ1) is 8.01. The molecule has 0 aliphatic carbocycles. The van der Waals surface area contributed by atoms with Crippen LogP contribution in [0.3, 0.4) is 0 Å². The fraction of sp³-hybridized carbons (Fsp3) is 0.571. The van der Waals surface area contributed by atoms with E-state index in [1.165, 1.54) is 6.92 Å². The number of ether oxygens (including phenoxy) is 1. The standard InChI is InChI=1S/C14H21FO2/c1-4-14(16,5-2)12-7-6-8-13(9-12)17-10-11(3)15/h6-9,11,16H,4-5,10H2,1-3H3. The van der Waals surface area contributed by atoms with Gasteiger partial charge in [-0.05, 0) is 37.5 Å². The molecule has 17 heavy (non-hydrogen) atoms. The highest BCUT2D eigenvalue weighted by molar-refractivity contribution is 5.32. The fourth-order valence-electron chi connectivity index (χ4n) is 1.74. The molecule has 0 fully saturated rings. The van der Waals surface area contributed by atoms with Crippen molar-refractivity contribution >= 4 is 0 Å². The summed E-state index contributed by atoms with van der Waals surface area (Å²) in [6, 6.07) is 7.26. The maximum Gasteiger partial charge on any atom is 0.131 e. The van der Waals surface area contributed by atoms with E-state index in [1.54, 1.807) is 12.1 Å². The fourth-order valence-corrected chi connectivity index (χ4v) is 1.74. The molecule has 0 aromatic heterocycles. The number of aliphatic hydroxyl groups is 1. The van der Waals surface area contributed by atoms with E-state index in [4.69, 9.17) is 4.74 Å². The molecule has 0 spiro atoms. The molecule has 96 valence electrons. The van der Waals surface area contributed by atoms with Crippen LogP contribution in [0.15, 0.2) is 24.3 Å². The Labute approximate surface area is 102 Å². The van der Waals surface area contributed by atoms with Gasteiger partial charge in [0.25, 0.3) is 0 Å². The van der Waals surface area contributed by atoms with Crippen molar-refractivity contribution in [1.29, 1.82) is 0 Å². The summed E-state index contributed by atoms with van der Waals surface area (Å²) in [5, 5.41) is 10.4. The van der Waals surface area contributed by atoms with Crippen molar-refractivity contribution in [3.63, 3.8) is 0 Å². The Morgan fingerprint density at radius 1 is 1.35 bits per heavy atom. The molecule has 0 bridgehead atoms. The van der Waals surface area contributed by atoms with Gasteiger partial charge in [-0.15, -0.1) is 0 Å². The lowest BCUT2D eigenvalue weighted by atomic mass is 9.88. The summed E-state index contributed by atoms with van der Waals surface area (Å²) in [4.78, 5) is 0. The third-order valence-electron chi connectivity index (χ3n) is 3.02. The molecule has 0 saturated carbocycles. The van der Waals surface area contributed by atoms with Crippen LogP contribution in [0.2, 0.25) is 0 Å². The van der Waals surface area contributed by atoms with E-state index in [0.717, 1.165) is 5.56 Å². The van der Waals surface area contributed by atoms with Crippen LogP contribution in [-0.2, 0) is 5.60 Å². The molecule has 1 rings (SSSR count). The van der Waals surface area contributed by atoms with Gasteiger partial charge >= 0.3 is 0 Å². The molecule has 1 atom stereocenters. The molecule has 0 aliphatic heterocycles. The third-order valence-corrected chi connectivity index (χ3v) is 3.02. The summed E-state index contributed by atoms with van der Waals surface area (Å²) < 4.78 is 18.0. The van der Waals surface area contributed by atoms with Gasteiger partial charge in [0.2, 0.25) is 0 Å². The quantitative estimate of drug-likeness (QED) is 0.825. The largest absolute Gasteiger partial charge is 0.491 e. The molecule has 1 aromatic carbocycles. The van der Waals surface area contributed by atoms with Crippen LogP contribution < -0.4 is 4.74 Å². The molecule has 0 radical (unpaired) electrons. The average molecular weight is 240 g/mol. The van der Waals surface area contributed by atoms with Crippen LogP contribution in [0, 0.1) is 0 Å². The maximum atomic E-state index is 12.7. The zero-order chi connectivity index (χ0) is 12.9.